The van der Waals surface area contributed by atoms with Crippen LogP contribution in [0.4, 0.5) is 6.01 Å². The number of ether oxygens (including phenoxy) is 1. The minimum Gasteiger partial charge on any atom is -0.457 e. The lowest BCUT2D eigenvalue weighted by Gasteiger charge is -2.06. The Labute approximate surface area is 178 Å². The van der Waals surface area contributed by atoms with E-state index in [1.165, 1.54) is 12.1 Å². The number of hydrogen-bond acceptors (Lipinski definition) is 7. The Kier molecular flexibility index (Phi) is 5.50. The van der Waals surface area contributed by atoms with E-state index in [-0.39, 0.29) is 16.8 Å². The maximum Gasteiger partial charge on any atom is 0.322 e. The van der Waals surface area contributed by atoms with Crippen molar-refractivity contribution in [3.8, 4) is 23.0 Å². The summed E-state index contributed by atoms with van der Waals surface area (Å²) in [6, 6.07) is 21.9. The van der Waals surface area contributed by atoms with Crippen LogP contribution in [0.5, 0.6) is 11.5 Å². The van der Waals surface area contributed by atoms with E-state index in [0.29, 0.717) is 22.6 Å². The van der Waals surface area contributed by atoms with E-state index in [4.69, 9.17) is 9.15 Å². The average Bonchev–Trinajstić information content (AvgIpc) is 3.23. The number of nitrogens with one attached hydrogen (secondary N) is 1. The van der Waals surface area contributed by atoms with Gasteiger partial charge in [0, 0.05) is 17.4 Å². The monoisotopic (exact) mass is 435 g/mol. The lowest BCUT2D eigenvalue weighted by atomic mass is 10.2. The highest BCUT2D eigenvalue weighted by molar-refractivity contribution is 7.90. The lowest BCUT2D eigenvalue weighted by molar-refractivity contribution is 0.102. The van der Waals surface area contributed by atoms with Crippen LogP contribution in [-0.2, 0) is 9.84 Å². The highest BCUT2D eigenvalue weighted by atomic mass is 32.2. The molecule has 0 aliphatic rings. The van der Waals surface area contributed by atoms with E-state index in [9.17, 15) is 13.2 Å². The third kappa shape index (κ3) is 4.96. The molecule has 1 N–H and O–H groups in total. The minimum absolute atomic E-state index is 0.0902. The van der Waals surface area contributed by atoms with Crippen molar-refractivity contribution in [2.24, 2.45) is 0 Å². The Morgan fingerprint density at radius 2 is 1.61 bits per heavy atom. The quantitative estimate of drug-likeness (QED) is 0.483. The zero-order valence-corrected chi connectivity index (χ0v) is 17.2. The van der Waals surface area contributed by atoms with E-state index < -0.39 is 15.7 Å². The highest BCUT2D eigenvalue weighted by Gasteiger charge is 2.15. The molecule has 4 aromatic rings. The molecule has 0 bridgehead atoms. The number of benzene rings is 3. The normalized spacial score (nSPS) is 11.1. The van der Waals surface area contributed by atoms with Crippen LogP contribution >= 0.6 is 0 Å². The van der Waals surface area contributed by atoms with Crippen LogP contribution in [0.2, 0.25) is 0 Å². The molecule has 0 fully saturated rings. The van der Waals surface area contributed by atoms with Gasteiger partial charge in [-0.25, -0.2) is 8.42 Å². The van der Waals surface area contributed by atoms with Crippen molar-refractivity contribution in [2.75, 3.05) is 11.6 Å². The van der Waals surface area contributed by atoms with Gasteiger partial charge >= 0.3 is 6.01 Å². The van der Waals surface area contributed by atoms with Crippen LogP contribution in [0.25, 0.3) is 11.5 Å². The molecule has 3 aromatic carbocycles. The van der Waals surface area contributed by atoms with Crippen molar-refractivity contribution < 1.29 is 22.4 Å². The van der Waals surface area contributed by atoms with Gasteiger partial charge in [-0.1, -0.05) is 29.4 Å². The van der Waals surface area contributed by atoms with Crippen LogP contribution in [0.3, 0.4) is 0 Å². The van der Waals surface area contributed by atoms with Crippen LogP contribution in [0.1, 0.15) is 10.4 Å². The molecule has 0 radical (unpaired) electrons. The number of sulfone groups is 1. The summed E-state index contributed by atoms with van der Waals surface area (Å²) in [5, 5.41) is 10.2. The standard InChI is InChI=1S/C22H17N3O5S/c1-31(27,28)19-9-5-6-16(14-19)21-24-25-22(30-21)23-20(26)15-10-12-18(13-11-15)29-17-7-3-2-4-8-17/h2-14H,1H3,(H,23,25,26). The topological polar surface area (TPSA) is 111 Å². The van der Waals surface area contributed by atoms with Crippen molar-refractivity contribution in [1.82, 2.24) is 10.2 Å². The Hall–Kier alpha value is -3.98. The van der Waals surface area contributed by atoms with Crippen molar-refractivity contribution >= 4 is 21.8 Å². The molecule has 1 amide bonds. The van der Waals surface area contributed by atoms with Gasteiger partial charge in [-0.2, -0.15) is 0 Å². The number of rotatable bonds is 6. The zero-order valence-electron chi connectivity index (χ0n) is 16.3. The third-order valence-electron chi connectivity index (χ3n) is 4.25. The van der Waals surface area contributed by atoms with Gasteiger partial charge in [0.1, 0.15) is 11.5 Å². The predicted molar refractivity (Wildman–Crippen MR) is 114 cm³/mol. The Morgan fingerprint density at radius 1 is 0.903 bits per heavy atom. The van der Waals surface area contributed by atoms with Gasteiger partial charge in [0.2, 0.25) is 5.89 Å². The molecule has 0 spiro atoms. The summed E-state index contributed by atoms with van der Waals surface area (Å²) in [6.07, 6.45) is 1.11. The number of nitrogens with zero attached hydrogens (tertiary/aromatic N) is 2. The first-order valence-corrected chi connectivity index (χ1v) is 11.1. The number of para-hydroxylation sites is 1. The summed E-state index contributed by atoms with van der Waals surface area (Å²) in [5.74, 6) is 0.936. The molecule has 1 aromatic heterocycles. The largest absolute Gasteiger partial charge is 0.457 e. The second-order valence-corrected chi connectivity index (χ2v) is 8.62. The van der Waals surface area contributed by atoms with Crippen LogP contribution in [-0.4, -0.2) is 30.8 Å². The van der Waals surface area contributed by atoms with Gasteiger partial charge in [0.05, 0.1) is 4.90 Å². The SMILES string of the molecule is CS(=O)(=O)c1cccc(-c2nnc(NC(=O)c3ccc(Oc4ccccc4)cc3)o2)c1. The van der Waals surface area contributed by atoms with Gasteiger partial charge in [0.25, 0.3) is 5.91 Å². The summed E-state index contributed by atoms with van der Waals surface area (Å²) in [6.45, 7) is 0. The minimum atomic E-state index is -3.37. The molecule has 0 atom stereocenters. The first-order chi connectivity index (χ1) is 14.9. The molecule has 0 saturated carbocycles. The van der Waals surface area contributed by atoms with E-state index in [0.717, 1.165) is 6.26 Å². The fourth-order valence-corrected chi connectivity index (χ4v) is 3.39. The molecule has 8 nitrogen and oxygen atoms in total. The molecule has 31 heavy (non-hydrogen) atoms. The highest BCUT2D eigenvalue weighted by Crippen LogP contribution is 2.24. The summed E-state index contributed by atoms with van der Waals surface area (Å²) in [5.41, 5.74) is 0.803. The summed E-state index contributed by atoms with van der Waals surface area (Å²) in [7, 11) is -3.37. The molecule has 156 valence electrons. The van der Waals surface area contributed by atoms with Crippen molar-refractivity contribution in [3.63, 3.8) is 0 Å². The second kappa shape index (κ2) is 8.41. The number of carbonyl (C=O) groups excluding carboxylic acids is 1. The molecule has 9 heteroatoms. The molecular weight excluding hydrogens is 418 g/mol. The predicted octanol–water partition coefficient (Wildman–Crippen LogP) is 4.18. The Balaban J connectivity index is 1.44. The van der Waals surface area contributed by atoms with Gasteiger partial charge < -0.3 is 9.15 Å². The van der Waals surface area contributed by atoms with Crippen LogP contribution in [0.15, 0.2) is 88.2 Å². The van der Waals surface area contributed by atoms with Gasteiger partial charge in [-0.05, 0) is 54.6 Å². The third-order valence-corrected chi connectivity index (χ3v) is 5.36. The fraction of sp³-hybridized carbons (Fsp3) is 0.0455. The summed E-state index contributed by atoms with van der Waals surface area (Å²) in [4.78, 5) is 12.6. The molecule has 4 rings (SSSR count). The number of carbonyl (C=O) groups is 1. The molecule has 0 aliphatic heterocycles. The van der Waals surface area contributed by atoms with E-state index in [1.54, 1.807) is 36.4 Å². The molecule has 0 aliphatic carbocycles. The maximum absolute atomic E-state index is 12.5. The van der Waals surface area contributed by atoms with E-state index in [1.807, 2.05) is 30.3 Å². The number of aromatic nitrogens is 2. The average molecular weight is 435 g/mol. The number of anilines is 1. The first-order valence-electron chi connectivity index (χ1n) is 9.17. The molecule has 1 heterocycles. The van der Waals surface area contributed by atoms with Gasteiger partial charge in [-0.15, -0.1) is 5.10 Å². The zero-order chi connectivity index (χ0) is 21.8. The van der Waals surface area contributed by atoms with Crippen molar-refractivity contribution in [2.45, 2.75) is 4.90 Å². The van der Waals surface area contributed by atoms with Gasteiger partial charge in [-0.3, -0.25) is 10.1 Å². The Bertz CT molecular complexity index is 1320. The molecule has 0 saturated heterocycles. The fourth-order valence-electron chi connectivity index (χ4n) is 2.72. The summed E-state index contributed by atoms with van der Waals surface area (Å²) >= 11 is 0. The van der Waals surface area contributed by atoms with Crippen molar-refractivity contribution in [1.29, 1.82) is 0 Å². The van der Waals surface area contributed by atoms with Crippen molar-refractivity contribution in [3.05, 3.63) is 84.4 Å². The van der Waals surface area contributed by atoms with Crippen LogP contribution < -0.4 is 10.1 Å². The van der Waals surface area contributed by atoms with Gasteiger partial charge in [0.15, 0.2) is 9.84 Å². The lowest BCUT2D eigenvalue weighted by Crippen LogP contribution is -2.11. The maximum atomic E-state index is 12.5. The number of hydrogen-bond donors (Lipinski definition) is 1. The van der Waals surface area contributed by atoms with E-state index in [2.05, 4.69) is 15.5 Å². The van der Waals surface area contributed by atoms with Crippen LogP contribution in [0, 0.1) is 0 Å². The first kappa shape index (κ1) is 20.3. The second-order valence-electron chi connectivity index (χ2n) is 6.61. The summed E-state index contributed by atoms with van der Waals surface area (Å²) < 4.78 is 34.6. The van der Waals surface area contributed by atoms with E-state index >= 15 is 0 Å². The Morgan fingerprint density at radius 3 is 2.32 bits per heavy atom. The smallest absolute Gasteiger partial charge is 0.322 e. The molecular formula is C22H17N3O5S. The molecule has 0 unspecified atom stereocenters. The number of amides is 1.